The Labute approximate surface area is 126 Å². The molecule has 1 fully saturated rings. The average molecular weight is 299 g/mol. The van der Waals surface area contributed by atoms with Crippen molar-refractivity contribution in [3.63, 3.8) is 0 Å². The van der Waals surface area contributed by atoms with Gasteiger partial charge in [0.2, 0.25) is 5.43 Å². The molecule has 2 N–H and O–H groups in total. The van der Waals surface area contributed by atoms with Gasteiger partial charge in [-0.15, -0.1) is 0 Å². The number of hydrogen-bond acceptors (Lipinski definition) is 4. The van der Waals surface area contributed by atoms with Gasteiger partial charge in [0.05, 0.1) is 5.39 Å². The smallest absolute Gasteiger partial charge is 0.341 e. The molecule has 0 unspecified atom stereocenters. The molecule has 0 spiro atoms. The minimum atomic E-state index is -1.20. The molecule has 0 amide bonds. The van der Waals surface area contributed by atoms with Gasteiger partial charge in [-0.25, -0.2) is 9.78 Å². The second kappa shape index (κ2) is 4.83. The van der Waals surface area contributed by atoms with E-state index in [4.69, 9.17) is 5.11 Å². The van der Waals surface area contributed by atoms with Crippen LogP contribution in [0.15, 0.2) is 11.0 Å². The lowest BCUT2D eigenvalue weighted by Crippen LogP contribution is -2.23. The van der Waals surface area contributed by atoms with Crippen molar-refractivity contribution in [3.05, 3.63) is 33.1 Å². The fraction of sp³-hybridized carbons (Fsp3) is 0.438. The van der Waals surface area contributed by atoms with Crippen LogP contribution in [0, 0.1) is 0 Å². The van der Waals surface area contributed by atoms with Crippen molar-refractivity contribution in [2.75, 3.05) is 18.0 Å². The van der Waals surface area contributed by atoms with Crippen LogP contribution in [0.5, 0.6) is 0 Å². The summed E-state index contributed by atoms with van der Waals surface area (Å²) in [5.41, 5.74) is 2.02. The van der Waals surface area contributed by atoms with Gasteiger partial charge in [0.25, 0.3) is 0 Å². The van der Waals surface area contributed by atoms with E-state index in [9.17, 15) is 9.59 Å². The molecule has 1 aliphatic carbocycles. The van der Waals surface area contributed by atoms with Gasteiger partial charge in [-0.1, -0.05) is 0 Å². The Bertz CT molecular complexity index is 835. The zero-order valence-corrected chi connectivity index (χ0v) is 12.2. The quantitative estimate of drug-likeness (QED) is 0.881. The van der Waals surface area contributed by atoms with Gasteiger partial charge in [-0.2, -0.15) is 0 Å². The van der Waals surface area contributed by atoms with Gasteiger partial charge in [0.1, 0.15) is 17.0 Å². The SMILES string of the molecule is O=C(O)c1c[nH]c2nc(N3CCCC3)c3c(c2c1=O)CCC3. The Hall–Kier alpha value is -2.37. The summed E-state index contributed by atoms with van der Waals surface area (Å²) in [4.78, 5) is 33.6. The number of aromatic amines is 1. The lowest BCUT2D eigenvalue weighted by Gasteiger charge is -2.20. The van der Waals surface area contributed by atoms with E-state index in [-0.39, 0.29) is 5.56 Å². The zero-order valence-electron chi connectivity index (χ0n) is 12.2. The number of carboxylic acids is 1. The molecule has 4 rings (SSSR count). The average Bonchev–Trinajstić information content (AvgIpc) is 3.17. The molecule has 0 aromatic carbocycles. The number of nitrogens with one attached hydrogen (secondary N) is 1. The molecule has 2 aromatic rings. The molecule has 0 atom stereocenters. The predicted octanol–water partition coefficient (Wildman–Crippen LogP) is 1.71. The van der Waals surface area contributed by atoms with Crippen molar-refractivity contribution >= 4 is 22.8 Å². The van der Waals surface area contributed by atoms with E-state index in [1.807, 2.05) is 0 Å². The van der Waals surface area contributed by atoms with Crippen LogP contribution < -0.4 is 10.3 Å². The molecule has 2 aliphatic rings. The van der Waals surface area contributed by atoms with Gasteiger partial charge >= 0.3 is 5.97 Å². The van der Waals surface area contributed by atoms with Crippen LogP contribution in [0.2, 0.25) is 0 Å². The van der Waals surface area contributed by atoms with Crippen LogP contribution in [0.3, 0.4) is 0 Å². The number of aromatic nitrogens is 2. The molecule has 114 valence electrons. The fourth-order valence-electron chi connectivity index (χ4n) is 3.68. The van der Waals surface area contributed by atoms with Crippen molar-refractivity contribution in [1.82, 2.24) is 9.97 Å². The Morgan fingerprint density at radius 2 is 1.91 bits per heavy atom. The van der Waals surface area contributed by atoms with Crippen molar-refractivity contribution in [1.29, 1.82) is 0 Å². The first-order valence-electron chi connectivity index (χ1n) is 7.72. The van der Waals surface area contributed by atoms with Crippen LogP contribution in [-0.4, -0.2) is 34.1 Å². The van der Waals surface area contributed by atoms with Crippen LogP contribution in [0.4, 0.5) is 5.82 Å². The number of anilines is 1. The third-order valence-corrected chi connectivity index (χ3v) is 4.70. The van der Waals surface area contributed by atoms with Gasteiger partial charge in [-0.05, 0) is 43.2 Å². The summed E-state index contributed by atoms with van der Waals surface area (Å²) < 4.78 is 0. The maximum Gasteiger partial charge on any atom is 0.341 e. The number of carboxylic acid groups (broad SMARTS) is 1. The first kappa shape index (κ1) is 13.3. The van der Waals surface area contributed by atoms with E-state index >= 15 is 0 Å². The highest BCUT2D eigenvalue weighted by atomic mass is 16.4. The normalized spacial score (nSPS) is 17.2. The van der Waals surface area contributed by atoms with Gasteiger partial charge in [-0.3, -0.25) is 4.79 Å². The summed E-state index contributed by atoms with van der Waals surface area (Å²) in [5.74, 6) is -0.213. The number of H-pyrrole nitrogens is 1. The third-order valence-electron chi connectivity index (χ3n) is 4.70. The van der Waals surface area contributed by atoms with E-state index in [1.165, 1.54) is 19.0 Å². The van der Waals surface area contributed by atoms with Crippen molar-refractivity contribution in [2.24, 2.45) is 0 Å². The van der Waals surface area contributed by atoms with E-state index < -0.39 is 11.4 Å². The lowest BCUT2D eigenvalue weighted by molar-refractivity contribution is 0.0695. The second-order valence-corrected chi connectivity index (χ2v) is 6.00. The first-order chi connectivity index (χ1) is 10.7. The summed E-state index contributed by atoms with van der Waals surface area (Å²) in [6.07, 6.45) is 6.33. The van der Waals surface area contributed by atoms with E-state index in [2.05, 4.69) is 14.9 Å². The molecule has 0 bridgehead atoms. The molecule has 6 heteroatoms. The number of fused-ring (bicyclic) bond motifs is 3. The summed E-state index contributed by atoms with van der Waals surface area (Å²) in [5, 5.41) is 9.62. The predicted molar refractivity (Wildman–Crippen MR) is 82.8 cm³/mol. The summed E-state index contributed by atoms with van der Waals surface area (Å²) in [6.45, 7) is 2.00. The fourth-order valence-corrected chi connectivity index (χ4v) is 3.68. The van der Waals surface area contributed by atoms with E-state index in [1.54, 1.807) is 0 Å². The summed E-state index contributed by atoms with van der Waals surface area (Å²) >= 11 is 0. The largest absolute Gasteiger partial charge is 0.477 e. The van der Waals surface area contributed by atoms with Gasteiger partial charge in [0, 0.05) is 19.3 Å². The molecule has 22 heavy (non-hydrogen) atoms. The molecule has 2 aromatic heterocycles. The number of aryl methyl sites for hydroxylation is 1. The molecular formula is C16H17N3O3. The summed E-state index contributed by atoms with van der Waals surface area (Å²) in [7, 11) is 0. The number of pyridine rings is 2. The number of aromatic carboxylic acids is 1. The molecule has 3 heterocycles. The third kappa shape index (κ3) is 1.83. The van der Waals surface area contributed by atoms with Crippen LogP contribution in [0.1, 0.15) is 40.7 Å². The van der Waals surface area contributed by atoms with Crippen LogP contribution in [0.25, 0.3) is 11.0 Å². The van der Waals surface area contributed by atoms with Gasteiger partial charge in [0.15, 0.2) is 0 Å². The van der Waals surface area contributed by atoms with Crippen LogP contribution in [-0.2, 0) is 12.8 Å². The highest BCUT2D eigenvalue weighted by Crippen LogP contribution is 2.34. The summed E-state index contributed by atoms with van der Waals surface area (Å²) in [6, 6.07) is 0. The van der Waals surface area contributed by atoms with Gasteiger partial charge < -0.3 is 15.0 Å². The molecule has 1 saturated heterocycles. The Kier molecular flexibility index (Phi) is 2.92. The van der Waals surface area contributed by atoms with Crippen molar-refractivity contribution in [3.8, 4) is 0 Å². The molecule has 0 radical (unpaired) electrons. The van der Waals surface area contributed by atoms with Crippen molar-refractivity contribution in [2.45, 2.75) is 32.1 Å². The Morgan fingerprint density at radius 1 is 1.18 bits per heavy atom. The minimum absolute atomic E-state index is 0.211. The number of carbonyl (C=O) groups is 1. The Balaban J connectivity index is 2.02. The molecule has 0 saturated carbocycles. The van der Waals surface area contributed by atoms with Crippen molar-refractivity contribution < 1.29 is 9.90 Å². The highest BCUT2D eigenvalue weighted by Gasteiger charge is 2.27. The molecular weight excluding hydrogens is 282 g/mol. The topological polar surface area (TPSA) is 86.3 Å². The van der Waals surface area contributed by atoms with E-state index in [0.717, 1.165) is 49.3 Å². The molecule has 1 aliphatic heterocycles. The maximum atomic E-state index is 12.5. The number of rotatable bonds is 2. The molecule has 6 nitrogen and oxygen atoms in total. The second-order valence-electron chi connectivity index (χ2n) is 6.00. The number of nitrogens with zero attached hydrogens (tertiary/aromatic N) is 2. The zero-order chi connectivity index (χ0) is 15.3. The monoisotopic (exact) mass is 299 g/mol. The van der Waals surface area contributed by atoms with E-state index in [0.29, 0.717) is 11.0 Å². The number of hydrogen-bond donors (Lipinski definition) is 2. The first-order valence-corrected chi connectivity index (χ1v) is 7.72. The van der Waals surface area contributed by atoms with Crippen LogP contribution >= 0.6 is 0 Å². The minimum Gasteiger partial charge on any atom is -0.477 e. The Morgan fingerprint density at radius 3 is 2.64 bits per heavy atom. The highest BCUT2D eigenvalue weighted by molar-refractivity contribution is 5.93. The maximum absolute atomic E-state index is 12.5. The standard InChI is InChI=1S/C16H17N3O3/c20-13-11(16(21)22)8-17-14-12(13)9-4-3-5-10(9)15(18-14)19-6-1-2-7-19/h8H,1-7H2,(H,21,22)(H,17,18,20). The lowest BCUT2D eigenvalue weighted by atomic mass is 10.0.